The molecule has 0 bridgehead atoms. The topological polar surface area (TPSA) is 41.6 Å². The molecular formula is C12H19ClN2O2S. The van der Waals surface area contributed by atoms with Gasteiger partial charge in [0, 0.05) is 18.5 Å². The molecule has 1 aliphatic heterocycles. The van der Waals surface area contributed by atoms with Crippen LogP contribution in [-0.4, -0.2) is 43.2 Å². The fourth-order valence-electron chi connectivity index (χ4n) is 1.96. The molecule has 2 heterocycles. The zero-order valence-electron chi connectivity index (χ0n) is 10.6. The normalized spacial score (nSPS) is 23.2. The van der Waals surface area contributed by atoms with Gasteiger partial charge in [0.05, 0.1) is 19.3 Å². The summed E-state index contributed by atoms with van der Waals surface area (Å²) in [5, 5.41) is 5.24. The summed E-state index contributed by atoms with van der Waals surface area (Å²) >= 11 is 1.67. The molecule has 2 atom stereocenters. The summed E-state index contributed by atoms with van der Waals surface area (Å²) in [5.74, 6) is 0.102. The van der Waals surface area contributed by atoms with E-state index in [9.17, 15) is 4.79 Å². The van der Waals surface area contributed by atoms with E-state index >= 15 is 0 Å². The van der Waals surface area contributed by atoms with Gasteiger partial charge in [0.2, 0.25) is 5.91 Å². The maximum absolute atomic E-state index is 12.2. The number of carbonyl (C=O) groups excluding carboxylic acids is 1. The van der Waals surface area contributed by atoms with Gasteiger partial charge < -0.3 is 15.0 Å². The number of likely N-dealkylation sites (N-methyl/N-ethyl adjacent to an activating group) is 1. The molecule has 102 valence electrons. The number of nitrogens with one attached hydrogen (secondary N) is 1. The molecule has 0 unspecified atom stereocenters. The fourth-order valence-corrected chi connectivity index (χ4v) is 2.72. The zero-order valence-corrected chi connectivity index (χ0v) is 12.2. The Balaban J connectivity index is 0.00000162. The molecule has 6 heteroatoms. The van der Waals surface area contributed by atoms with E-state index in [1.807, 2.05) is 31.5 Å². The number of hydrogen-bond acceptors (Lipinski definition) is 4. The maximum Gasteiger partial charge on any atom is 0.242 e. The number of thiophene rings is 1. The SMILES string of the molecule is C[C@H]1OCCN[C@@H]1C(=O)N(C)Cc1cccs1.Cl. The quantitative estimate of drug-likeness (QED) is 0.917. The summed E-state index contributed by atoms with van der Waals surface area (Å²) in [6.45, 7) is 4.03. The second-order valence-corrected chi connectivity index (χ2v) is 5.31. The Morgan fingerprint density at radius 2 is 2.44 bits per heavy atom. The first-order valence-corrected chi connectivity index (χ1v) is 6.69. The molecule has 0 spiro atoms. The zero-order chi connectivity index (χ0) is 12.3. The van der Waals surface area contributed by atoms with E-state index in [2.05, 4.69) is 5.32 Å². The van der Waals surface area contributed by atoms with Gasteiger partial charge in [-0.3, -0.25) is 4.79 Å². The largest absolute Gasteiger partial charge is 0.375 e. The number of nitrogens with zero attached hydrogens (tertiary/aromatic N) is 1. The standard InChI is InChI=1S/C12H18N2O2S.ClH/c1-9-11(13-5-6-16-9)12(15)14(2)8-10-4-3-7-17-10;/h3-4,7,9,11,13H,5-6,8H2,1-2H3;1H/t9-,11+;/m1./s1. The average molecular weight is 291 g/mol. The Morgan fingerprint density at radius 1 is 1.67 bits per heavy atom. The van der Waals surface area contributed by atoms with Crippen LogP contribution in [0.15, 0.2) is 17.5 Å². The second-order valence-electron chi connectivity index (χ2n) is 4.28. The van der Waals surface area contributed by atoms with Crippen LogP contribution in [0.1, 0.15) is 11.8 Å². The van der Waals surface area contributed by atoms with Crippen molar-refractivity contribution in [2.75, 3.05) is 20.2 Å². The van der Waals surface area contributed by atoms with Crippen LogP contribution in [-0.2, 0) is 16.1 Å². The van der Waals surface area contributed by atoms with Crippen LogP contribution in [0, 0.1) is 0 Å². The first-order chi connectivity index (χ1) is 8.18. The van der Waals surface area contributed by atoms with Crippen molar-refractivity contribution < 1.29 is 9.53 Å². The Labute approximate surface area is 118 Å². The summed E-state index contributed by atoms with van der Waals surface area (Å²) in [6.07, 6.45) is -0.0537. The predicted octanol–water partition coefficient (Wildman–Crippen LogP) is 1.51. The summed E-state index contributed by atoms with van der Waals surface area (Å²) in [6, 6.07) is 3.83. The lowest BCUT2D eigenvalue weighted by molar-refractivity contribution is -0.138. The molecule has 18 heavy (non-hydrogen) atoms. The van der Waals surface area contributed by atoms with Gasteiger partial charge in [-0.25, -0.2) is 0 Å². The molecule has 1 aromatic heterocycles. The van der Waals surface area contributed by atoms with Crippen molar-refractivity contribution in [1.82, 2.24) is 10.2 Å². The van der Waals surface area contributed by atoms with E-state index in [1.54, 1.807) is 16.2 Å². The number of amides is 1. The van der Waals surface area contributed by atoms with Gasteiger partial charge in [-0.05, 0) is 18.4 Å². The Bertz CT molecular complexity index is 372. The third-order valence-electron chi connectivity index (χ3n) is 2.93. The molecule has 2 rings (SSSR count). The molecule has 1 N–H and O–H groups in total. The first kappa shape index (κ1) is 15.4. The van der Waals surface area contributed by atoms with Crippen LogP contribution in [0.3, 0.4) is 0 Å². The highest BCUT2D eigenvalue weighted by Gasteiger charge is 2.30. The molecule has 1 amide bonds. The Morgan fingerprint density at radius 3 is 3.06 bits per heavy atom. The van der Waals surface area contributed by atoms with Crippen LogP contribution in [0.2, 0.25) is 0 Å². The summed E-state index contributed by atoms with van der Waals surface area (Å²) in [5.41, 5.74) is 0. The van der Waals surface area contributed by atoms with Crippen LogP contribution in [0.25, 0.3) is 0 Å². The molecule has 1 aliphatic rings. The van der Waals surface area contributed by atoms with Crippen LogP contribution >= 0.6 is 23.7 Å². The molecule has 0 aromatic carbocycles. The second kappa shape index (κ2) is 7.09. The number of ether oxygens (including phenoxy) is 1. The van der Waals surface area contributed by atoms with Crippen molar-refractivity contribution in [2.24, 2.45) is 0 Å². The van der Waals surface area contributed by atoms with Crippen molar-refractivity contribution in [2.45, 2.75) is 25.6 Å². The third-order valence-corrected chi connectivity index (χ3v) is 3.79. The van der Waals surface area contributed by atoms with E-state index in [0.717, 1.165) is 6.54 Å². The van der Waals surface area contributed by atoms with Gasteiger partial charge in [0.25, 0.3) is 0 Å². The van der Waals surface area contributed by atoms with Gasteiger partial charge in [-0.15, -0.1) is 23.7 Å². The van der Waals surface area contributed by atoms with E-state index in [1.165, 1.54) is 4.88 Å². The molecule has 1 saturated heterocycles. The van der Waals surface area contributed by atoms with E-state index < -0.39 is 0 Å². The van der Waals surface area contributed by atoms with Crippen molar-refractivity contribution in [3.63, 3.8) is 0 Å². The van der Waals surface area contributed by atoms with Crippen molar-refractivity contribution in [3.8, 4) is 0 Å². The summed E-state index contributed by atoms with van der Waals surface area (Å²) in [7, 11) is 1.84. The molecular weight excluding hydrogens is 272 g/mol. The maximum atomic E-state index is 12.2. The van der Waals surface area contributed by atoms with E-state index in [0.29, 0.717) is 13.2 Å². The highest BCUT2D eigenvalue weighted by Crippen LogP contribution is 2.13. The summed E-state index contributed by atoms with van der Waals surface area (Å²) in [4.78, 5) is 15.2. The minimum absolute atomic E-state index is 0. The average Bonchev–Trinajstić information content (AvgIpc) is 2.81. The van der Waals surface area contributed by atoms with E-state index in [4.69, 9.17) is 4.74 Å². The molecule has 1 fully saturated rings. The highest BCUT2D eigenvalue weighted by molar-refractivity contribution is 7.09. The lowest BCUT2D eigenvalue weighted by atomic mass is 10.1. The minimum atomic E-state index is -0.214. The minimum Gasteiger partial charge on any atom is -0.375 e. The number of hydrogen-bond donors (Lipinski definition) is 1. The number of halogens is 1. The lowest BCUT2D eigenvalue weighted by Crippen LogP contribution is -2.55. The number of morpholine rings is 1. The Hall–Kier alpha value is -0.620. The van der Waals surface area contributed by atoms with Gasteiger partial charge in [-0.2, -0.15) is 0 Å². The van der Waals surface area contributed by atoms with E-state index in [-0.39, 0.29) is 30.5 Å². The molecule has 0 aliphatic carbocycles. The van der Waals surface area contributed by atoms with Crippen molar-refractivity contribution >= 4 is 29.7 Å². The van der Waals surface area contributed by atoms with Gasteiger partial charge in [0.15, 0.2) is 0 Å². The van der Waals surface area contributed by atoms with Gasteiger partial charge in [0.1, 0.15) is 6.04 Å². The fraction of sp³-hybridized carbons (Fsp3) is 0.583. The first-order valence-electron chi connectivity index (χ1n) is 5.81. The molecule has 0 radical (unpaired) electrons. The summed E-state index contributed by atoms with van der Waals surface area (Å²) < 4.78 is 5.49. The number of carbonyl (C=O) groups is 1. The lowest BCUT2D eigenvalue weighted by Gasteiger charge is -2.32. The van der Waals surface area contributed by atoms with Crippen LogP contribution in [0.4, 0.5) is 0 Å². The smallest absolute Gasteiger partial charge is 0.242 e. The number of rotatable bonds is 3. The third kappa shape index (κ3) is 3.68. The van der Waals surface area contributed by atoms with Gasteiger partial charge in [-0.1, -0.05) is 6.07 Å². The van der Waals surface area contributed by atoms with Crippen LogP contribution in [0.5, 0.6) is 0 Å². The monoisotopic (exact) mass is 290 g/mol. The molecule has 0 saturated carbocycles. The molecule has 4 nitrogen and oxygen atoms in total. The van der Waals surface area contributed by atoms with Crippen molar-refractivity contribution in [1.29, 1.82) is 0 Å². The molecule has 1 aromatic rings. The highest BCUT2D eigenvalue weighted by atomic mass is 35.5. The predicted molar refractivity (Wildman–Crippen MR) is 75.2 cm³/mol. The van der Waals surface area contributed by atoms with Crippen molar-refractivity contribution in [3.05, 3.63) is 22.4 Å². The Kier molecular flexibility index (Phi) is 6.08. The van der Waals surface area contributed by atoms with Gasteiger partial charge >= 0.3 is 0 Å². The van der Waals surface area contributed by atoms with Crippen LogP contribution < -0.4 is 5.32 Å².